The molecule has 1 heterocycles. The number of nitrogens with zero attached hydrogens (tertiary/aromatic N) is 2. The molecule has 18 heavy (non-hydrogen) atoms. The van der Waals surface area contributed by atoms with Crippen molar-refractivity contribution in [2.75, 3.05) is 0 Å². The highest BCUT2D eigenvalue weighted by molar-refractivity contribution is 6.34. The van der Waals surface area contributed by atoms with Crippen molar-refractivity contribution in [1.29, 1.82) is 0 Å². The van der Waals surface area contributed by atoms with Crippen LogP contribution in [0.25, 0.3) is 0 Å². The van der Waals surface area contributed by atoms with Crippen molar-refractivity contribution in [3.05, 3.63) is 46.2 Å². The standard InChI is InChI=1S/C11H6Cl2N2O3/c12-6-1-2-7(13)9(5-6)18-11-14-4-3-8(15-11)10(16)17/h1-5H,(H,16,17). The summed E-state index contributed by atoms with van der Waals surface area (Å²) >= 11 is 11.7. The van der Waals surface area contributed by atoms with Crippen LogP contribution in [0, 0.1) is 0 Å². The molecule has 2 aromatic rings. The Morgan fingerprint density at radius 2 is 2.06 bits per heavy atom. The lowest BCUT2D eigenvalue weighted by atomic mass is 10.3. The third-order valence-corrected chi connectivity index (χ3v) is 2.49. The zero-order chi connectivity index (χ0) is 13.1. The molecule has 0 saturated carbocycles. The predicted molar refractivity (Wildman–Crippen MR) is 65.5 cm³/mol. The smallest absolute Gasteiger partial charge is 0.354 e. The minimum absolute atomic E-state index is 0.112. The normalized spacial score (nSPS) is 10.1. The van der Waals surface area contributed by atoms with E-state index in [1.165, 1.54) is 18.3 Å². The van der Waals surface area contributed by atoms with Gasteiger partial charge >= 0.3 is 12.0 Å². The van der Waals surface area contributed by atoms with Gasteiger partial charge in [0.25, 0.3) is 0 Å². The minimum atomic E-state index is -1.17. The first-order chi connectivity index (χ1) is 8.56. The van der Waals surface area contributed by atoms with Gasteiger partial charge in [0.2, 0.25) is 0 Å². The number of ether oxygens (including phenoxy) is 1. The second-order valence-electron chi connectivity index (χ2n) is 3.21. The fourth-order valence-electron chi connectivity index (χ4n) is 1.16. The minimum Gasteiger partial charge on any atom is -0.477 e. The van der Waals surface area contributed by atoms with E-state index in [-0.39, 0.29) is 17.5 Å². The Bertz CT molecular complexity index is 605. The summed E-state index contributed by atoms with van der Waals surface area (Å²) in [5.74, 6) is -0.911. The number of aromatic carboxylic acids is 1. The van der Waals surface area contributed by atoms with Gasteiger partial charge in [0.15, 0.2) is 11.4 Å². The molecular weight excluding hydrogens is 279 g/mol. The van der Waals surface area contributed by atoms with Gasteiger partial charge in [-0.25, -0.2) is 9.78 Å². The Morgan fingerprint density at radius 3 is 2.78 bits per heavy atom. The molecule has 7 heteroatoms. The number of halogens is 2. The summed E-state index contributed by atoms with van der Waals surface area (Å²) in [7, 11) is 0. The van der Waals surface area contributed by atoms with Gasteiger partial charge in [-0.1, -0.05) is 23.2 Å². The highest BCUT2D eigenvalue weighted by atomic mass is 35.5. The maximum atomic E-state index is 10.7. The van der Waals surface area contributed by atoms with E-state index in [0.717, 1.165) is 0 Å². The van der Waals surface area contributed by atoms with Crippen LogP contribution in [-0.4, -0.2) is 21.0 Å². The number of aromatic nitrogens is 2. The lowest BCUT2D eigenvalue weighted by molar-refractivity contribution is 0.0689. The third-order valence-electron chi connectivity index (χ3n) is 1.95. The molecule has 0 aliphatic rings. The van der Waals surface area contributed by atoms with E-state index < -0.39 is 5.97 Å². The number of benzene rings is 1. The van der Waals surface area contributed by atoms with E-state index in [1.807, 2.05) is 0 Å². The van der Waals surface area contributed by atoms with E-state index in [4.69, 9.17) is 33.0 Å². The van der Waals surface area contributed by atoms with Crippen LogP contribution < -0.4 is 4.74 Å². The maximum absolute atomic E-state index is 10.7. The SMILES string of the molecule is O=C(O)c1ccnc(Oc2cc(Cl)ccc2Cl)n1. The van der Waals surface area contributed by atoms with Gasteiger partial charge in [0, 0.05) is 17.3 Å². The molecule has 0 radical (unpaired) electrons. The molecule has 0 amide bonds. The summed E-state index contributed by atoms with van der Waals surface area (Å²) in [5.41, 5.74) is -0.168. The molecule has 0 bridgehead atoms. The zero-order valence-corrected chi connectivity index (χ0v) is 10.3. The third kappa shape index (κ3) is 2.88. The van der Waals surface area contributed by atoms with E-state index in [9.17, 15) is 4.79 Å². The Labute approximate surface area is 112 Å². The first kappa shape index (κ1) is 12.6. The van der Waals surface area contributed by atoms with Crippen molar-refractivity contribution < 1.29 is 14.6 Å². The number of hydrogen-bond donors (Lipinski definition) is 1. The van der Waals surface area contributed by atoms with Crippen molar-refractivity contribution in [1.82, 2.24) is 9.97 Å². The van der Waals surface area contributed by atoms with Crippen LogP contribution in [0.5, 0.6) is 11.8 Å². The van der Waals surface area contributed by atoms with Crippen molar-refractivity contribution in [2.24, 2.45) is 0 Å². The number of carbonyl (C=O) groups is 1. The molecule has 1 aromatic carbocycles. The number of carboxylic acids is 1. The highest BCUT2D eigenvalue weighted by Crippen LogP contribution is 2.30. The largest absolute Gasteiger partial charge is 0.477 e. The van der Waals surface area contributed by atoms with E-state index in [0.29, 0.717) is 10.0 Å². The summed E-state index contributed by atoms with van der Waals surface area (Å²) in [6.45, 7) is 0. The van der Waals surface area contributed by atoms with Gasteiger partial charge in [0.1, 0.15) is 0 Å². The van der Waals surface area contributed by atoms with Gasteiger partial charge < -0.3 is 9.84 Å². The molecule has 1 N–H and O–H groups in total. The summed E-state index contributed by atoms with van der Waals surface area (Å²) in [6.07, 6.45) is 1.28. The van der Waals surface area contributed by atoms with E-state index in [2.05, 4.69) is 9.97 Å². The van der Waals surface area contributed by atoms with Gasteiger partial charge in [-0.05, 0) is 18.2 Å². The molecule has 0 unspecified atom stereocenters. The van der Waals surface area contributed by atoms with Crippen molar-refractivity contribution in [2.45, 2.75) is 0 Å². The van der Waals surface area contributed by atoms with Gasteiger partial charge in [-0.2, -0.15) is 4.98 Å². The fourth-order valence-corrected chi connectivity index (χ4v) is 1.48. The van der Waals surface area contributed by atoms with Crippen LogP contribution in [0.3, 0.4) is 0 Å². The number of rotatable bonds is 3. The molecule has 0 aliphatic heterocycles. The van der Waals surface area contributed by atoms with Crippen LogP contribution in [0.2, 0.25) is 10.0 Å². The molecule has 0 atom stereocenters. The van der Waals surface area contributed by atoms with Crippen molar-refractivity contribution in [3.8, 4) is 11.8 Å². The molecule has 5 nitrogen and oxygen atoms in total. The summed E-state index contributed by atoms with van der Waals surface area (Å²) in [5, 5.41) is 9.54. The van der Waals surface area contributed by atoms with Gasteiger partial charge in [0.05, 0.1) is 5.02 Å². The quantitative estimate of drug-likeness (QED) is 0.936. The highest BCUT2D eigenvalue weighted by Gasteiger charge is 2.10. The first-order valence-corrected chi connectivity index (χ1v) is 5.51. The molecule has 0 saturated heterocycles. The monoisotopic (exact) mass is 284 g/mol. The topological polar surface area (TPSA) is 72.3 Å². The molecule has 2 rings (SSSR count). The van der Waals surface area contributed by atoms with Crippen LogP contribution in [0.1, 0.15) is 10.5 Å². The fraction of sp³-hybridized carbons (Fsp3) is 0. The Balaban J connectivity index is 2.31. The number of carboxylic acid groups (broad SMARTS) is 1. The van der Waals surface area contributed by atoms with Crippen molar-refractivity contribution in [3.63, 3.8) is 0 Å². The van der Waals surface area contributed by atoms with Gasteiger partial charge in [-0.15, -0.1) is 0 Å². The molecule has 0 fully saturated rings. The molecule has 1 aromatic heterocycles. The first-order valence-electron chi connectivity index (χ1n) is 4.75. The van der Waals surface area contributed by atoms with E-state index in [1.54, 1.807) is 12.1 Å². The number of hydrogen-bond acceptors (Lipinski definition) is 4. The average Bonchev–Trinajstić information content (AvgIpc) is 2.34. The maximum Gasteiger partial charge on any atom is 0.354 e. The van der Waals surface area contributed by atoms with Gasteiger partial charge in [-0.3, -0.25) is 0 Å². The van der Waals surface area contributed by atoms with Crippen LogP contribution in [-0.2, 0) is 0 Å². The zero-order valence-electron chi connectivity index (χ0n) is 8.80. The lowest BCUT2D eigenvalue weighted by Gasteiger charge is -2.06. The Morgan fingerprint density at radius 1 is 1.28 bits per heavy atom. The van der Waals surface area contributed by atoms with Crippen LogP contribution >= 0.6 is 23.2 Å². The summed E-state index contributed by atoms with van der Waals surface area (Å²) in [6, 6.07) is 5.79. The molecule has 92 valence electrons. The second kappa shape index (κ2) is 5.20. The lowest BCUT2D eigenvalue weighted by Crippen LogP contribution is -2.02. The van der Waals surface area contributed by atoms with Crippen molar-refractivity contribution >= 4 is 29.2 Å². The van der Waals surface area contributed by atoms with Crippen LogP contribution in [0.4, 0.5) is 0 Å². The molecule has 0 aliphatic carbocycles. The molecule has 0 spiro atoms. The van der Waals surface area contributed by atoms with Crippen LogP contribution in [0.15, 0.2) is 30.5 Å². The van der Waals surface area contributed by atoms with E-state index >= 15 is 0 Å². The molecular formula is C11H6Cl2N2O3. The average molecular weight is 285 g/mol. The second-order valence-corrected chi connectivity index (χ2v) is 4.05. The Hall–Kier alpha value is -1.85. The predicted octanol–water partition coefficient (Wildman–Crippen LogP) is 3.27. The summed E-state index contributed by atoms with van der Waals surface area (Å²) in [4.78, 5) is 18.2. The Kier molecular flexibility index (Phi) is 3.64. The summed E-state index contributed by atoms with van der Waals surface area (Å²) < 4.78 is 5.28.